The van der Waals surface area contributed by atoms with Crippen molar-refractivity contribution in [2.45, 2.75) is 20.1 Å². The summed E-state index contributed by atoms with van der Waals surface area (Å²) in [6.45, 7) is 3.24. The number of rotatable bonds is 8. The molecule has 0 aliphatic heterocycles. The van der Waals surface area contributed by atoms with E-state index < -0.39 is 0 Å². The highest BCUT2D eigenvalue weighted by molar-refractivity contribution is 9.10. The molecule has 0 aliphatic rings. The highest BCUT2D eigenvalue weighted by Crippen LogP contribution is 2.38. The number of benzene rings is 2. The largest absolute Gasteiger partial charge is 0.490 e. The maximum atomic E-state index is 6.23. The number of hydrogen-bond donors (Lipinski definition) is 2. The molecule has 3 rings (SSSR count). The molecule has 0 amide bonds. The molecule has 0 aliphatic carbocycles. The minimum absolute atomic E-state index is 0.288. The maximum Gasteiger partial charge on any atom is 0.214 e. The molecule has 0 spiro atoms. The van der Waals surface area contributed by atoms with Crippen LogP contribution in [0.25, 0.3) is 0 Å². The number of aromatic amines is 1. The Morgan fingerprint density at radius 3 is 2.75 bits per heavy atom. The van der Waals surface area contributed by atoms with Crippen LogP contribution in [0.2, 0.25) is 10.0 Å². The van der Waals surface area contributed by atoms with E-state index in [9.17, 15) is 0 Å². The van der Waals surface area contributed by atoms with Crippen molar-refractivity contribution in [2.24, 2.45) is 0 Å². The summed E-state index contributed by atoms with van der Waals surface area (Å²) in [4.78, 5) is 0. The standard InChI is InChI=1S/C18H17BrCl2N4O2S/c1-2-26-16-6-11(8-23-25-10-22-24-18(25)28)5-14(19)17(16)27-9-12-3-4-13(20)7-15(12)21/h3-7,10,23H,2,8-9H2,1H3,(H,24,28). The van der Waals surface area contributed by atoms with Crippen LogP contribution in [0.4, 0.5) is 0 Å². The summed E-state index contributed by atoms with van der Waals surface area (Å²) in [5.41, 5.74) is 4.98. The Labute approximate surface area is 185 Å². The predicted octanol–water partition coefficient (Wildman–Crippen LogP) is 5.73. The first kappa shape index (κ1) is 21.0. The first-order chi connectivity index (χ1) is 13.5. The Bertz CT molecular complexity index is 1030. The van der Waals surface area contributed by atoms with Crippen LogP contribution in [-0.2, 0) is 13.2 Å². The van der Waals surface area contributed by atoms with Crippen LogP contribution >= 0.6 is 51.3 Å². The first-order valence-electron chi connectivity index (χ1n) is 8.35. The van der Waals surface area contributed by atoms with Crippen LogP contribution in [0.5, 0.6) is 11.5 Å². The Morgan fingerprint density at radius 1 is 1.25 bits per heavy atom. The van der Waals surface area contributed by atoms with Crippen LogP contribution in [0, 0.1) is 4.77 Å². The number of ether oxygens (including phenoxy) is 2. The number of nitrogens with zero attached hydrogens (tertiary/aromatic N) is 2. The molecule has 10 heteroatoms. The van der Waals surface area contributed by atoms with Crippen molar-refractivity contribution >= 4 is 51.3 Å². The third kappa shape index (κ3) is 5.20. The quantitative estimate of drug-likeness (QED) is 0.384. The van der Waals surface area contributed by atoms with E-state index in [4.69, 9.17) is 44.9 Å². The number of hydrogen-bond acceptors (Lipinski definition) is 5. The summed E-state index contributed by atoms with van der Waals surface area (Å²) < 4.78 is 14.7. The SMILES string of the molecule is CCOc1cc(CNn2cn[nH]c2=S)cc(Br)c1OCc1ccc(Cl)cc1Cl. The molecule has 2 aromatic carbocycles. The molecule has 3 aromatic rings. The monoisotopic (exact) mass is 502 g/mol. The van der Waals surface area contributed by atoms with Crippen molar-refractivity contribution in [1.82, 2.24) is 14.9 Å². The lowest BCUT2D eigenvalue weighted by Gasteiger charge is -2.16. The molecule has 148 valence electrons. The molecule has 0 fully saturated rings. The minimum atomic E-state index is 0.288. The summed E-state index contributed by atoms with van der Waals surface area (Å²) in [7, 11) is 0. The molecular formula is C18H17BrCl2N4O2S. The zero-order valence-corrected chi connectivity index (χ0v) is 18.8. The number of halogens is 3. The zero-order valence-electron chi connectivity index (χ0n) is 14.8. The van der Waals surface area contributed by atoms with Gasteiger partial charge in [0, 0.05) is 15.6 Å². The van der Waals surface area contributed by atoms with Crippen LogP contribution in [0.1, 0.15) is 18.1 Å². The van der Waals surface area contributed by atoms with Crippen molar-refractivity contribution in [2.75, 3.05) is 12.0 Å². The van der Waals surface area contributed by atoms with Crippen molar-refractivity contribution in [3.8, 4) is 11.5 Å². The van der Waals surface area contributed by atoms with Gasteiger partial charge in [-0.25, -0.2) is 4.68 Å². The molecule has 28 heavy (non-hydrogen) atoms. The Morgan fingerprint density at radius 2 is 2.07 bits per heavy atom. The van der Waals surface area contributed by atoms with Crippen molar-refractivity contribution in [3.63, 3.8) is 0 Å². The number of aromatic nitrogens is 3. The topological polar surface area (TPSA) is 64.1 Å². The lowest BCUT2D eigenvalue weighted by molar-refractivity contribution is 0.267. The number of nitrogens with one attached hydrogen (secondary N) is 2. The molecule has 1 heterocycles. The molecule has 1 aromatic heterocycles. The Hall–Kier alpha value is -1.74. The fraction of sp³-hybridized carbons (Fsp3) is 0.222. The first-order valence-corrected chi connectivity index (χ1v) is 10.3. The van der Waals surface area contributed by atoms with Gasteiger partial charge in [0.2, 0.25) is 4.77 Å². The predicted molar refractivity (Wildman–Crippen MR) is 117 cm³/mol. The Kier molecular flexibility index (Phi) is 7.23. The van der Waals surface area contributed by atoms with Gasteiger partial charge in [-0.05, 0) is 64.9 Å². The van der Waals surface area contributed by atoms with Gasteiger partial charge in [-0.1, -0.05) is 29.3 Å². The average Bonchev–Trinajstić information content (AvgIpc) is 3.06. The summed E-state index contributed by atoms with van der Waals surface area (Å²) in [6.07, 6.45) is 1.58. The van der Waals surface area contributed by atoms with E-state index in [1.807, 2.05) is 25.1 Å². The Balaban J connectivity index is 1.78. The van der Waals surface area contributed by atoms with E-state index in [0.717, 1.165) is 15.6 Å². The van der Waals surface area contributed by atoms with Crippen molar-refractivity contribution < 1.29 is 9.47 Å². The van der Waals surface area contributed by atoms with Gasteiger partial charge >= 0.3 is 0 Å². The molecule has 2 N–H and O–H groups in total. The van der Waals surface area contributed by atoms with Gasteiger partial charge in [0.05, 0.1) is 17.6 Å². The molecule has 0 atom stereocenters. The van der Waals surface area contributed by atoms with Crippen LogP contribution in [0.3, 0.4) is 0 Å². The summed E-state index contributed by atoms with van der Waals surface area (Å²) in [6, 6.07) is 9.18. The van der Waals surface area contributed by atoms with Gasteiger partial charge in [-0.15, -0.1) is 0 Å². The second-order valence-electron chi connectivity index (χ2n) is 5.73. The van der Waals surface area contributed by atoms with Gasteiger partial charge in [0.25, 0.3) is 0 Å². The normalized spacial score (nSPS) is 10.7. The molecule has 0 saturated heterocycles. The highest BCUT2D eigenvalue weighted by atomic mass is 79.9. The summed E-state index contributed by atoms with van der Waals surface area (Å²) >= 11 is 20.9. The van der Waals surface area contributed by atoms with E-state index in [0.29, 0.717) is 39.5 Å². The maximum absolute atomic E-state index is 6.23. The van der Waals surface area contributed by atoms with E-state index in [-0.39, 0.29) is 6.61 Å². The molecule has 0 saturated carbocycles. The lowest BCUT2D eigenvalue weighted by Crippen LogP contribution is -2.13. The van der Waals surface area contributed by atoms with E-state index >= 15 is 0 Å². The molecule has 6 nitrogen and oxygen atoms in total. The second-order valence-corrected chi connectivity index (χ2v) is 7.81. The van der Waals surface area contributed by atoms with Gasteiger partial charge in [0.15, 0.2) is 11.5 Å². The molecule has 0 unspecified atom stereocenters. The van der Waals surface area contributed by atoms with Gasteiger partial charge < -0.3 is 14.9 Å². The van der Waals surface area contributed by atoms with Crippen LogP contribution < -0.4 is 14.9 Å². The van der Waals surface area contributed by atoms with Gasteiger partial charge in [-0.3, -0.25) is 5.10 Å². The van der Waals surface area contributed by atoms with Crippen molar-refractivity contribution in [1.29, 1.82) is 0 Å². The number of H-pyrrole nitrogens is 1. The fourth-order valence-corrected chi connectivity index (χ4v) is 3.68. The lowest BCUT2D eigenvalue weighted by atomic mass is 10.2. The van der Waals surface area contributed by atoms with E-state index in [2.05, 4.69) is 31.6 Å². The fourth-order valence-electron chi connectivity index (χ4n) is 2.45. The molecule has 0 radical (unpaired) electrons. The average molecular weight is 504 g/mol. The summed E-state index contributed by atoms with van der Waals surface area (Å²) in [5.74, 6) is 1.24. The highest BCUT2D eigenvalue weighted by Gasteiger charge is 2.14. The van der Waals surface area contributed by atoms with Crippen LogP contribution in [-0.4, -0.2) is 21.5 Å². The molecule has 0 bridgehead atoms. The van der Waals surface area contributed by atoms with Gasteiger partial charge in [0.1, 0.15) is 12.9 Å². The van der Waals surface area contributed by atoms with E-state index in [1.54, 1.807) is 23.1 Å². The smallest absolute Gasteiger partial charge is 0.214 e. The van der Waals surface area contributed by atoms with Crippen LogP contribution in [0.15, 0.2) is 41.1 Å². The summed E-state index contributed by atoms with van der Waals surface area (Å²) in [5, 5.41) is 7.70. The zero-order chi connectivity index (χ0) is 20.1. The third-order valence-electron chi connectivity index (χ3n) is 3.76. The second kappa shape index (κ2) is 9.65. The van der Waals surface area contributed by atoms with Gasteiger partial charge in [-0.2, -0.15) is 5.10 Å². The van der Waals surface area contributed by atoms with E-state index in [1.165, 1.54) is 0 Å². The van der Waals surface area contributed by atoms with Crippen molar-refractivity contribution in [3.05, 3.63) is 67.1 Å². The third-order valence-corrected chi connectivity index (χ3v) is 5.23. The molecular weight excluding hydrogens is 487 g/mol. The minimum Gasteiger partial charge on any atom is -0.490 e.